The van der Waals surface area contributed by atoms with Crippen molar-refractivity contribution in [2.24, 2.45) is 0 Å². The normalized spacial score (nSPS) is 10.6. The summed E-state index contributed by atoms with van der Waals surface area (Å²) in [4.78, 5) is 10.5. The van der Waals surface area contributed by atoms with Crippen molar-refractivity contribution < 1.29 is 9.90 Å². The average molecular weight is 285 g/mol. The Balaban J connectivity index is 2.31. The summed E-state index contributed by atoms with van der Waals surface area (Å²) in [6.07, 6.45) is 1.93. The Kier molecular flexibility index (Phi) is 3.89. The number of benzene rings is 1. The van der Waals surface area contributed by atoms with Crippen molar-refractivity contribution in [1.29, 1.82) is 0 Å². The van der Waals surface area contributed by atoms with Crippen molar-refractivity contribution in [3.05, 3.63) is 46.2 Å². The first-order valence-electron chi connectivity index (χ1n) is 5.28. The minimum absolute atomic E-state index is 0.0218. The molecule has 2 rings (SSSR count). The molecule has 1 N–H and O–H groups in total. The number of carboxylic acids is 1. The van der Waals surface area contributed by atoms with Crippen molar-refractivity contribution in [3.8, 4) is 5.69 Å². The number of halogens is 2. The highest BCUT2D eigenvalue weighted by atomic mass is 35.5. The Bertz CT molecular complexity index is 581. The second kappa shape index (κ2) is 5.42. The molecule has 1 aromatic heterocycles. The van der Waals surface area contributed by atoms with Crippen LogP contribution in [0.1, 0.15) is 12.0 Å². The molecule has 0 atom stereocenters. The van der Waals surface area contributed by atoms with Gasteiger partial charge in [0, 0.05) is 12.0 Å². The molecule has 2 aromatic rings. The first-order valence-corrected chi connectivity index (χ1v) is 6.04. The smallest absolute Gasteiger partial charge is 0.303 e. The van der Waals surface area contributed by atoms with E-state index in [9.17, 15) is 4.79 Å². The molecule has 1 aromatic carbocycles. The minimum atomic E-state index is -0.864. The number of nitrogens with zero attached hydrogens (tertiary/aromatic N) is 2. The second-order valence-electron chi connectivity index (χ2n) is 3.72. The maximum Gasteiger partial charge on any atom is 0.303 e. The number of carbonyl (C=O) groups is 1. The topological polar surface area (TPSA) is 55.1 Å². The van der Waals surface area contributed by atoms with Crippen LogP contribution >= 0.6 is 23.2 Å². The molecular weight excluding hydrogens is 275 g/mol. The lowest BCUT2D eigenvalue weighted by atomic mass is 10.2. The van der Waals surface area contributed by atoms with Crippen LogP contribution in [0.25, 0.3) is 5.69 Å². The third kappa shape index (κ3) is 2.66. The zero-order valence-electron chi connectivity index (χ0n) is 9.31. The summed E-state index contributed by atoms with van der Waals surface area (Å²) < 4.78 is 1.50. The number of aromatic nitrogens is 2. The first kappa shape index (κ1) is 12.9. The predicted octanol–water partition coefficient (Wildman–Crippen LogP) is 3.20. The Morgan fingerprint density at radius 1 is 1.33 bits per heavy atom. The van der Waals surface area contributed by atoms with Crippen LogP contribution in [0.5, 0.6) is 0 Å². The van der Waals surface area contributed by atoms with E-state index in [2.05, 4.69) is 5.10 Å². The lowest BCUT2D eigenvalue weighted by molar-refractivity contribution is -0.136. The van der Waals surface area contributed by atoms with Gasteiger partial charge in [-0.25, -0.2) is 4.68 Å². The third-order valence-electron chi connectivity index (χ3n) is 2.47. The fourth-order valence-electron chi connectivity index (χ4n) is 1.57. The zero-order chi connectivity index (χ0) is 13.1. The van der Waals surface area contributed by atoms with Crippen molar-refractivity contribution in [2.45, 2.75) is 12.8 Å². The van der Waals surface area contributed by atoms with Gasteiger partial charge in [-0.1, -0.05) is 35.3 Å². The quantitative estimate of drug-likeness (QED) is 0.938. The molecule has 1 heterocycles. The van der Waals surface area contributed by atoms with E-state index in [-0.39, 0.29) is 6.42 Å². The summed E-state index contributed by atoms with van der Waals surface area (Å²) >= 11 is 12.2. The van der Waals surface area contributed by atoms with Gasteiger partial charge in [-0.05, 0) is 18.6 Å². The minimum Gasteiger partial charge on any atom is -0.481 e. The van der Waals surface area contributed by atoms with Crippen LogP contribution in [0.15, 0.2) is 30.5 Å². The molecule has 4 nitrogen and oxygen atoms in total. The molecule has 0 aliphatic carbocycles. The van der Waals surface area contributed by atoms with Gasteiger partial charge in [-0.2, -0.15) is 5.10 Å². The molecule has 0 saturated carbocycles. The van der Waals surface area contributed by atoms with Crippen LogP contribution in [-0.2, 0) is 11.2 Å². The van der Waals surface area contributed by atoms with E-state index in [1.807, 2.05) is 12.1 Å². The highest BCUT2D eigenvalue weighted by Crippen LogP contribution is 2.25. The summed E-state index contributed by atoms with van der Waals surface area (Å²) in [6.45, 7) is 0. The SMILES string of the molecule is O=C(O)CCc1cnn(-c2ccccc2Cl)c1Cl. The first-order chi connectivity index (χ1) is 8.59. The summed E-state index contributed by atoms with van der Waals surface area (Å²) in [5.41, 5.74) is 1.37. The predicted molar refractivity (Wildman–Crippen MR) is 69.5 cm³/mol. The number of aryl methyl sites for hydroxylation is 1. The summed E-state index contributed by atoms with van der Waals surface area (Å²) in [5, 5.41) is 13.7. The van der Waals surface area contributed by atoms with Crippen molar-refractivity contribution in [3.63, 3.8) is 0 Å². The average Bonchev–Trinajstić information content (AvgIpc) is 2.69. The number of carboxylic acid groups (broad SMARTS) is 1. The van der Waals surface area contributed by atoms with E-state index in [4.69, 9.17) is 28.3 Å². The summed E-state index contributed by atoms with van der Waals surface area (Å²) in [7, 11) is 0. The molecule has 94 valence electrons. The van der Waals surface area contributed by atoms with Crippen LogP contribution in [-0.4, -0.2) is 20.9 Å². The lowest BCUT2D eigenvalue weighted by Gasteiger charge is -2.05. The van der Waals surface area contributed by atoms with Crippen molar-refractivity contribution in [1.82, 2.24) is 9.78 Å². The van der Waals surface area contributed by atoms with Gasteiger partial charge in [-0.3, -0.25) is 4.79 Å². The van der Waals surface area contributed by atoms with Gasteiger partial charge in [0.25, 0.3) is 0 Å². The molecule has 0 bridgehead atoms. The van der Waals surface area contributed by atoms with Gasteiger partial charge in [-0.15, -0.1) is 0 Å². The van der Waals surface area contributed by atoms with Crippen LogP contribution in [0, 0.1) is 0 Å². The van der Waals surface area contributed by atoms with E-state index >= 15 is 0 Å². The molecule has 18 heavy (non-hydrogen) atoms. The molecule has 0 unspecified atom stereocenters. The second-order valence-corrected chi connectivity index (χ2v) is 4.48. The van der Waals surface area contributed by atoms with E-state index in [0.717, 1.165) is 0 Å². The highest BCUT2D eigenvalue weighted by molar-refractivity contribution is 6.33. The maximum absolute atomic E-state index is 10.5. The van der Waals surface area contributed by atoms with Crippen LogP contribution in [0.4, 0.5) is 0 Å². The fraction of sp³-hybridized carbons (Fsp3) is 0.167. The van der Waals surface area contributed by atoms with Crippen LogP contribution in [0.2, 0.25) is 10.2 Å². The van der Waals surface area contributed by atoms with Gasteiger partial charge in [0.05, 0.1) is 16.9 Å². The Morgan fingerprint density at radius 2 is 2.06 bits per heavy atom. The van der Waals surface area contributed by atoms with Gasteiger partial charge >= 0.3 is 5.97 Å². The van der Waals surface area contributed by atoms with Gasteiger partial charge in [0.2, 0.25) is 0 Å². The standard InChI is InChI=1S/C12H10Cl2N2O2/c13-9-3-1-2-4-10(9)16-12(14)8(7-15-16)5-6-11(17)18/h1-4,7H,5-6H2,(H,17,18). The Hall–Kier alpha value is -1.52. The maximum atomic E-state index is 10.5. The number of aliphatic carboxylic acids is 1. The van der Waals surface area contributed by atoms with Crippen LogP contribution in [0.3, 0.4) is 0 Å². The van der Waals surface area contributed by atoms with E-state index in [1.54, 1.807) is 18.3 Å². The lowest BCUT2D eigenvalue weighted by Crippen LogP contribution is -1.99. The van der Waals surface area contributed by atoms with E-state index in [1.165, 1.54) is 4.68 Å². The number of hydrogen-bond donors (Lipinski definition) is 1. The molecular formula is C12H10Cl2N2O2. The third-order valence-corrected chi connectivity index (χ3v) is 3.19. The van der Waals surface area contributed by atoms with E-state index < -0.39 is 5.97 Å². The largest absolute Gasteiger partial charge is 0.481 e. The zero-order valence-corrected chi connectivity index (χ0v) is 10.8. The fourth-order valence-corrected chi connectivity index (χ4v) is 2.06. The van der Waals surface area contributed by atoms with Gasteiger partial charge in [0.15, 0.2) is 0 Å². The molecule has 0 amide bonds. The molecule has 0 saturated heterocycles. The summed E-state index contributed by atoms with van der Waals surface area (Å²) in [5.74, 6) is -0.864. The molecule has 0 radical (unpaired) electrons. The molecule has 0 fully saturated rings. The van der Waals surface area contributed by atoms with Crippen molar-refractivity contribution >= 4 is 29.2 Å². The monoisotopic (exact) mass is 284 g/mol. The number of rotatable bonds is 4. The van der Waals surface area contributed by atoms with E-state index in [0.29, 0.717) is 27.8 Å². The summed E-state index contributed by atoms with van der Waals surface area (Å²) in [6, 6.07) is 7.18. The Labute approximate surface area is 114 Å². The van der Waals surface area contributed by atoms with Crippen LogP contribution < -0.4 is 0 Å². The Morgan fingerprint density at radius 3 is 2.72 bits per heavy atom. The highest BCUT2D eigenvalue weighted by Gasteiger charge is 2.12. The molecule has 0 aliphatic heterocycles. The molecule has 0 spiro atoms. The van der Waals surface area contributed by atoms with Gasteiger partial charge in [0.1, 0.15) is 5.15 Å². The van der Waals surface area contributed by atoms with Gasteiger partial charge < -0.3 is 5.11 Å². The number of para-hydroxylation sites is 1. The number of hydrogen-bond acceptors (Lipinski definition) is 2. The molecule has 0 aliphatic rings. The molecule has 6 heteroatoms. The van der Waals surface area contributed by atoms with Crippen molar-refractivity contribution in [2.75, 3.05) is 0 Å².